The Kier molecular flexibility index (Phi) is 5.44. The van der Waals surface area contributed by atoms with Gasteiger partial charge in [0.2, 0.25) is 0 Å². The average Bonchev–Trinajstić information content (AvgIpc) is 2.36. The highest BCUT2D eigenvalue weighted by Gasteiger charge is 2.09. The van der Waals surface area contributed by atoms with E-state index >= 15 is 0 Å². The summed E-state index contributed by atoms with van der Waals surface area (Å²) in [5.74, 6) is 0. The Labute approximate surface area is 103 Å². The molecule has 0 aliphatic carbocycles. The predicted octanol–water partition coefficient (Wildman–Crippen LogP) is 2.10. The van der Waals surface area contributed by atoms with E-state index < -0.39 is 0 Å². The summed E-state index contributed by atoms with van der Waals surface area (Å²) < 4.78 is 0. The highest BCUT2D eigenvalue weighted by atomic mass is 15.1. The van der Waals surface area contributed by atoms with Crippen LogP contribution in [0.25, 0.3) is 0 Å². The van der Waals surface area contributed by atoms with Gasteiger partial charge >= 0.3 is 0 Å². The lowest BCUT2D eigenvalue weighted by Crippen LogP contribution is -2.34. The molecule has 4 heteroatoms. The fourth-order valence-electron chi connectivity index (χ4n) is 1.79. The van der Waals surface area contributed by atoms with Gasteiger partial charge in [-0.2, -0.15) is 5.26 Å². The Morgan fingerprint density at radius 1 is 1.47 bits per heavy atom. The summed E-state index contributed by atoms with van der Waals surface area (Å²) in [4.78, 5) is 6.39. The molecule has 0 aliphatic rings. The van der Waals surface area contributed by atoms with Gasteiger partial charge in [-0.25, -0.2) is 0 Å². The molecule has 0 aliphatic heterocycles. The summed E-state index contributed by atoms with van der Waals surface area (Å²) in [5.41, 5.74) is 1.46. The Balaban J connectivity index is 2.62. The molecule has 1 N–H and O–H groups in total. The summed E-state index contributed by atoms with van der Waals surface area (Å²) in [5, 5.41) is 12.3. The third-order valence-electron chi connectivity index (χ3n) is 2.77. The maximum absolute atomic E-state index is 8.98. The number of nitrogens with zero attached hydrogens (tertiary/aromatic N) is 3. The summed E-state index contributed by atoms with van der Waals surface area (Å²) in [6.45, 7) is 9.47. The Bertz CT molecular complexity index is 379. The number of hydrogen-bond donors (Lipinski definition) is 1. The van der Waals surface area contributed by atoms with E-state index in [2.05, 4.69) is 42.0 Å². The van der Waals surface area contributed by atoms with Gasteiger partial charge in [0.15, 0.2) is 0 Å². The smallest absolute Gasteiger partial charge is 0.101 e. The zero-order chi connectivity index (χ0) is 12.7. The highest BCUT2D eigenvalue weighted by molar-refractivity contribution is 5.55. The van der Waals surface area contributed by atoms with Gasteiger partial charge in [0.05, 0.1) is 17.4 Å². The van der Waals surface area contributed by atoms with Gasteiger partial charge in [0, 0.05) is 18.8 Å². The third kappa shape index (κ3) is 4.04. The lowest BCUT2D eigenvalue weighted by molar-refractivity contribution is 0.295. The molecule has 1 heterocycles. The average molecular weight is 232 g/mol. The van der Waals surface area contributed by atoms with E-state index in [0.717, 1.165) is 25.3 Å². The minimum absolute atomic E-state index is 0.297. The fraction of sp³-hybridized carbons (Fsp3) is 0.538. The van der Waals surface area contributed by atoms with Crippen LogP contribution in [0.3, 0.4) is 0 Å². The van der Waals surface area contributed by atoms with Crippen molar-refractivity contribution in [2.24, 2.45) is 0 Å². The first kappa shape index (κ1) is 13.5. The van der Waals surface area contributed by atoms with Crippen LogP contribution < -0.4 is 5.32 Å². The van der Waals surface area contributed by atoms with E-state index in [1.54, 1.807) is 18.5 Å². The van der Waals surface area contributed by atoms with E-state index in [0.29, 0.717) is 11.6 Å². The quantitative estimate of drug-likeness (QED) is 0.816. The van der Waals surface area contributed by atoms with Crippen molar-refractivity contribution in [2.75, 3.05) is 25.0 Å². The second-order valence-electron chi connectivity index (χ2n) is 4.06. The molecule has 0 fully saturated rings. The van der Waals surface area contributed by atoms with Gasteiger partial charge in [-0.15, -0.1) is 0 Å². The number of rotatable bonds is 6. The topological polar surface area (TPSA) is 52.0 Å². The number of hydrogen-bond acceptors (Lipinski definition) is 4. The largest absolute Gasteiger partial charge is 0.379 e. The molecule has 0 saturated carbocycles. The molecule has 0 radical (unpaired) electrons. The number of nitriles is 1. The van der Waals surface area contributed by atoms with Crippen molar-refractivity contribution in [1.29, 1.82) is 5.26 Å². The molecule has 1 aromatic heterocycles. The van der Waals surface area contributed by atoms with Gasteiger partial charge < -0.3 is 10.2 Å². The summed E-state index contributed by atoms with van der Waals surface area (Å²) in [6.07, 6.45) is 3.34. The van der Waals surface area contributed by atoms with Crippen molar-refractivity contribution in [3.8, 4) is 6.07 Å². The molecule has 0 spiro atoms. The van der Waals surface area contributed by atoms with Crippen LogP contribution in [-0.2, 0) is 0 Å². The summed E-state index contributed by atoms with van der Waals surface area (Å²) in [7, 11) is 0. The molecular weight excluding hydrogens is 212 g/mol. The first-order valence-corrected chi connectivity index (χ1v) is 6.04. The van der Waals surface area contributed by atoms with Crippen LogP contribution in [0.4, 0.5) is 5.69 Å². The van der Waals surface area contributed by atoms with Crippen LogP contribution >= 0.6 is 0 Å². The van der Waals surface area contributed by atoms with Gasteiger partial charge in [0.25, 0.3) is 0 Å². The van der Waals surface area contributed by atoms with Crippen LogP contribution in [0, 0.1) is 11.3 Å². The van der Waals surface area contributed by atoms with Crippen molar-refractivity contribution in [2.45, 2.75) is 26.8 Å². The molecule has 0 amide bonds. The van der Waals surface area contributed by atoms with Gasteiger partial charge in [-0.1, -0.05) is 13.8 Å². The van der Waals surface area contributed by atoms with E-state index in [-0.39, 0.29) is 0 Å². The molecule has 0 bridgehead atoms. The number of pyridine rings is 1. The predicted molar refractivity (Wildman–Crippen MR) is 69.8 cm³/mol. The summed E-state index contributed by atoms with van der Waals surface area (Å²) in [6, 6.07) is 4.19. The number of anilines is 1. The Morgan fingerprint density at radius 2 is 2.18 bits per heavy atom. The molecule has 0 aromatic carbocycles. The molecule has 4 nitrogen and oxygen atoms in total. The molecular formula is C13H20N4. The number of aromatic nitrogens is 1. The van der Waals surface area contributed by atoms with Crippen molar-refractivity contribution >= 4 is 5.69 Å². The van der Waals surface area contributed by atoms with E-state index in [1.807, 2.05) is 0 Å². The monoisotopic (exact) mass is 232 g/mol. The normalized spacial score (nSPS) is 12.2. The Hall–Kier alpha value is -1.60. The zero-order valence-electron chi connectivity index (χ0n) is 10.8. The SMILES string of the molecule is CCN(CC)CC(C)Nc1cnccc1C#N. The van der Waals surface area contributed by atoms with Gasteiger partial charge in [0.1, 0.15) is 6.07 Å². The van der Waals surface area contributed by atoms with Crippen molar-refractivity contribution in [3.63, 3.8) is 0 Å². The van der Waals surface area contributed by atoms with Crippen LogP contribution in [0.1, 0.15) is 26.3 Å². The highest BCUT2D eigenvalue weighted by Crippen LogP contribution is 2.13. The lowest BCUT2D eigenvalue weighted by atomic mass is 10.2. The fourth-order valence-corrected chi connectivity index (χ4v) is 1.79. The molecule has 92 valence electrons. The van der Waals surface area contributed by atoms with E-state index in [1.165, 1.54) is 0 Å². The van der Waals surface area contributed by atoms with E-state index in [4.69, 9.17) is 5.26 Å². The van der Waals surface area contributed by atoms with Crippen LogP contribution in [0.15, 0.2) is 18.5 Å². The van der Waals surface area contributed by atoms with Crippen molar-refractivity contribution < 1.29 is 0 Å². The lowest BCUT2D eigenvalue weighted by Gasteiger charge is -2.24. The van der Waals surface area contributed by atoms with Gasteiger partial charge in [-0.3, -0.25) is 4.98 Å². The van der Waals surface area contributed by atoms with Crippen molar-refractivity contribution in [3.05, 3.63) is 24.0 Å². The first-order valence-electron chi connectivity index (χ1n) is 6.04. The molecule has 1 rings (SSSR count). The minimum Gasteiger partial charge on any atom is -0.379 e. The van der Waals surface area contributed by atoms with Crippen LogP contribution in [0.5, 0.6) is 0 Å². The van der Waals surface area contributed by atoms with E-state index in [9.17, 15) is 0 Å². The number of likely N-dealkylation sites (N-methyl/N-ethyl adjacent to an activating group) is 1. The third-order valence-corrected chi connectivity index (χ3v) is 2.77. The van der Waals surface area contributed by atoms with Gasteiger partial charge in [-0.05, 0) is 26.1 Å². The minimum atomic E-state index is 0.297. The zero-order valence-corrected chi connectivity index (χ0v) is 10.8. The molecule has 1 aromatic rings. The Morgan fingerprint density at radius 3 is 2.76 bits per heavy atom. The maximum atomic E-state index is 8.98. The maximum Gasteiger partial charge on any atom is 0.101 e. The number of nitrogens with one attached hydrogen (secondary N) is 1. The molecule has 1 atom stereocenters. The summed E-state index contributed by atoms with van der Waals surface area (Å²) >= 11 is 0. The molecule has 17 heavy (non-hydrogen) atoms. The van der Waals surface area contributed by atoms with Crippen LogP contribution in [-0.4, -0.2) is 35.6 Å². The second kappa shape index (κ2) is 6.87. The van der Waals surface area contributed by atoms with Crippen LogP contribution in [0.2, 0.25) is 0 Å². The second-order valence-corrected chi connectivity index (χ2v) is 4.06. The standard InChI is InChI=1S/C13H20N4/c1-4-17(5-2)10-11(3)16-13-9-15-7-6-12(13)8-14/h6-7,9,11,16H,4-5,10H2,1-3H3. The molecule has 0 saturated heterocycles. The molecule has 1 unspecified atom stereocenters. The van der Waals surface area contributed by atoms with Crippen molar-refractivity contribution in [1.82, 2.24) is 9.88 Å². The first-order chi connectivity index (χ1) is 8.21.